The van der Waals surface area contributed by atoms with Crippen molar-refractivity contribution < 1.29 is 18.3 Å². The molecule has 7 nitrogen and oxygen atoms in total. The quantitative estimate of drug-likeness (QED) is 0.666. The summed E-state index contributed by atoms with van der Waals surface area (Å²) in [5, 5.41) is 7.36. The molecule has 1 saturated heterocycles. The normalized spacial score (nSPS) is 16.7. The van der Waals surface area contributed by atoms with E-state index in [2.05, 4.69) is 25.1 Å². The fraction of sp³-hybridized carbons (Fsp3) is 0.381. The summed E-state index contributed by atoms with van der Waals surface area (Å²) in [5.74, 6) is -0.832. The Morgan fingerprint density at radius 2 is 1.93 bits per heavy atom. The predicted octanol–water partition coefficient (Wildman–Crippen LogP) is 3.29. The van der Waals surface area contributed by atoms with Crippen molar-refractivity contribution in [3.63, 3.8) is 0 Å². The molecule has 1 aromatic carbocycles. The molecule has 0 bridgehead atoms. The number of nitrogens with one attached hydrogen (secondary N) is 1. The molecule has 0 radical (unpaired) electrons. The Hall–Kier alpha value is -3.07. The van der Waals surface area contributed by atoms with Crippen LogP contribution < -0.4 is 9.64 Å². The molecule has 1 aliphatic heterocycles. The number of H-pyrrole nitrogens is 1. The van der Waals surface area contributed by atoms with E-state index < -0.39 is 11.6 Å². The van der Waals surface area contributed by atoms with Crippen LogP contribution in [0, 0.1) is 25.5 Å². The van der Waals surface area contributed by atoms with Crippen molar-refractivity contribution >= 4 is 5.95 Å². The number of morpholine rings is 1. The van der Waals surface area contributed by atoms with Crippen LogP contribution >= 0.6 is 0 Å². The van der Waals surface area contributed by atoms with E-state index in [1.54, 1.807) is 0 Å². The van der Waals surface area contributed by atoms with Crippen LogP contribution in [0.2, 0.25) is 0 Å². The molecule has 30 heavy (non-hydrogen) atoms. The second-order valence-corrected chi connectivity index (χ2v) is 7.25. The Morgan fingerprint density at radius 1 is 1.13 bits per heavy atom. The van der Waals surface area contributed by atoms with Gasteiger partial charge in [-0.05, 0) is 38.1 Å². The SMILES string of the molecule is Cc1cc(C)nc(N2CCOC(c3cc(CCOc4ccc(F)c(F)c4)[nH]n3)C2)n1. The fourth-order valence-corrected chi connectivity index (χ4v) is 3.38. The van der Waals surface area contributed by atoms with Gasteiger partial charge in [0.1, 0.15) is 11.9 Å². The first-order chi connectivity index (χ1) is 14.5. The number of halogens is 2. The van der Waals surface area contributed by atoms with Crippen LogP contribution in [-0.4, -0.2) is 46.5 Å². The van der Waals surface area contributed by atoms with Gasteiger partial charge in [0.15, 0.2) is 11.6 Å². The molecule has 0 spiro atoms. The average Bonchev–Trinajstić information content (AvgIpc) is 3.19. The van der Waals surface area contributed by atoms with Gasteiger partial charge in [-0.1, -0.05) is 0 Å². The Morgan fingerprint density at radius 3 is 2.70 bits per heavy atom. The van der Waals surface area contributed by atoms with E-state index in [0.29, 0.717) is 32.1 Å². The van der Waals surface area contributed by atoms with Gasteiger partial charge in [-0.25, -0.2) is 18.7 Å². The molecule has 4 rings (SSSR count). The summed E-state index contributed by atoms with van der Waals surface area (Å²) in [7, 11) is 0. The minimum atomic E-state index is -0.928. The van der Waals surface area contributed by atoms with Gasteiger partial charge in [-0.2, -0.15) is 5.10 Å². The van der Waals surface area contributed by atoms with Gasteiger partial charge in [0, 0.05) is 36.1 Å². The molecule has 1 aliphatic rings. The summed E-state index contributed by atoms with van der Waals surface area (Å²) >= 11 is 0. The molecule has 0 aliphatic carbocycles. The van der Waals surface area contributed by atoms with Gasteiger partial charge < -0.3 is 14.4 Å². The van der Waals surface area contributed by atoms with Crippen LogP contribution in [0.1, 0.15) is 28.9 Å². The number of benzene rings is 1. The van der Waals surface area contributed by atoms with Crippen LogP contribution in [0.15, 0.2) is 30.3 Å². The lowest BCUT2D eigenvalue weighted by Gasteiger charge is -2.32. The number of anilines is 1. The van der Waals surface area contributed by atoms with E-state index in [4.69, 9.17) is 9.47 Å². The fourth-order valence-electron chi connectivity index (χ4n) is 3.38. The van der Waals surface area contributed by atoms with Crippen LogP contribution in [0.25, 0.3) is 0 Å². The van der Waals surface area contributed by atoms with Crippen LogP contribution in [0.4, 0.5) is 14.7 Å². The van der Waals surface area contributed by atoms with E-state index >= 15 is 0 Å². The largest absolute Gasteiger partial charge is 0.493 e. The number of ether oxygens (including phenoxy) is 2. The maximum atomic E-state index is 13.2. The van der Waals surface area contributed by atoms with Gasteiger partial charge in [-0.15, -0.1) is 0 Å². The Labute approximate surface area is 173 Å². The first-order valence-corrected chi connectivity index (χ1v) is 9.79. The molecule has 158 valence electrons. The number of hydrogen-bond donors (Lipinski definition) is 1. The Kier molecular flexibility index (Phi) is 5.89. The van der Waals surface area contributed by atoms with E-state index in [0.717, 1.165) is 41.5 Å². The molecular formula is C21H23F2N5O2. The van der Waals surface area contributed by atoms with E-state index in [1.807, 2.05) is 26.0 Å². The lowest BCUT2D eigenvalue weighted by molar-refractivity contribution is 0.0364. The maximum Gasteiger partial charge on any atom is 0.225 e. The number of aromatic nitrogens is 4. The Bertz CT molecular complexity index is 1010. The van der Waals surface area contributed by atoms with Crippen LogP contribution in [0.3, 0.4) is 0 Å². The summed E-state index contributed by atoms with van der Waals surface area (Å²) in [5.41, 5.74) is 3.54. The van der Waals surface area contributed by atoms with Gasteiger partial charge in [0.05, 0.1) is 25.5 Å². The molecule has 2 aromatic heterocycles. The highest BCUT2D eigenvalue weighted by Gasteiger charge is 2.26. The van der Waals surface area contributed by atoms with Gasteiger partial charge in [-0.3, -0.25) is 5.10 Å². The molecule has 3 aromatic rings. The summed E-state index contributed by atoms with van der Waals surface area (Å²) in [4.78, 5) is 11.2. The zero-order valence-electron chi connectivity index (χ0n) is 16.9. The third-order valence-electron chi connectivity index (χ3n) is 4.83. The third-order valence-corrected chi connectivity index (χ3v) is 4.83. The molecule has 0 amide bonds. The third kappa shape index (κ3) is 4.73. The van der Waals surface area contributed by atoms with Gasteiger partial charge in [0.25, 0.3) is 0 Å². The standard InChI is InChI=1S/C21H23F2N5O2/c1-13-9-14(2)25-21(24-13)28-6-8-30-20(12-28)19-10-15(26-27-19)5-7-29-16-3-4-17(22)18(23)11-16/h3-4,9-11,20H,5-8,12H2,1-2H3,(H,26,27). The topological polar surface area (TPSA) is 76.2 Å². The van der Waals surface area contributed by atoms with Gasteiger partial charge >= 0.3 is 0 Å². The number of aryl methyl sites for hydroxylation is 2. The van der Waals surface area contributed by atoms with Crippen molar-refractivity contribution in [3.8, 4) is 5.75 Å². The van der Waals surface area contributed by atoms with Crippen molar-refractivity contribution in [2.24, 2.45) is 0 Å². The second-order valence-electron chi connectivity index (χ2n) is 7.25. The maximum absolute atomic E-state index is 13.2. The van der Waals surface area contributed by atoms with Crippen molar-refractivity contribution in [1.29, 1.82) is 0 Å². The van der Waals surface area contributed by atoms with Crippen molar-refractivity contribution in [1.82, 2.24) is 20.2 Å². The zero-order valence-corrected chi connectivity index (χ0v) is 16.9. The minimum absolute atomic E-state index is 0.194. The second kappa shape index (κ2) is 8.74. The number of aromatic amines is 1. The molecule has 3 heterocycles. The zero-order chi connectivity index (χ0) is 21.1. The smallest absolute Gasteiger partial charge is 0.225 e. The molecule has 0 saturated carbocycles. The molecule has 1 unspecified atom stereocenters. The average molecular weight is 415 g/mol. The molecule has 9 heteroatoms. The summed E-state index contributed by atoms with van der Waals surface area (Å²) in [6.45, 7) is 6.11. The minimum Gasteiger partial charge on any atom is -0.493 e. The first-order valence-electron chi connectivity index (χ1n) is 9.79. The number of rotatable bonds is 6. The predicted molar refractivity (Wildman–Crippen MR) is 107 cm³/mol. The van der Waals surface area contributed by atoms with Crippen LogP contribution in [0.5, 0.6) is 5.75 Å². The molecular weight excluding hydrogens is 392 g/mol. The van der Waals surface area contributed by atoms with Gasteiger partial charge in [0.2, 0.25) is 5.95 Å². The highest BCUT2D eigenvalue weighted by atomic mass is 19.2. The highest BCUT2D eigenvalue weighted by Crippen LogP contribution is 2.24. The first kappa shape index (κ1) is 20.2. The number of nitrogens with zero attached hydrogens (tertiary/aromatic N) is 4. The van der Waals surface area contributed by atoms with E-state index in [-0.39, 0.29) is 11.9 Å². The van der Waals surface area contributed by atoms with Crippen molar-refractivity contribution in [2.45, 2.75) is 26.4 Å². The lowest BCUT2D eigenvalue weighted by atomic mass is 10.2. The highest BCUT2D eigenvalue weighted by molar-refractivity contribution is 5.34. The lowest BCUT2D eigenvalue weighted by Crippen LogP contribution is -2.39. The van der Waals surface area contributed by atoms with Crippen molar-refractivity contribution in [3.05, 3.63) is 64.7 Å². The summed E-state index contributed by atoms with van der Waals surface area (Å²) < 4.78 is 37.6. The summed E-state index contributed by atoms with van der Waals surface area (Å²) in [6, 6.07) is 7.36. The molecule has 1 atom stereocenters. The molecule has 1 N–H and O–H groups in total. The summed E-state index contributed by atoms with van der Waals surface area (Å²) in [6.07, 6.45) is 0.350. The van der Waals surface area contributed by atoms with E-state index in [1.165, 1.54) is 6.07 Å². The van der Waals surface area contributed by atoms with Crippen molar-refractivity contribution in [2.75, 3.05) is 31.2 Å². The van der Waals surface area contributed by atoms with E-state index in [9.17, 15) is 8.78 Å². The monoisotopic (exact) mass is 415 g/mol. The van der Waals surface area contributed by atoms with Crippen LogP contribution in [-0.2, 0) is 11.2 Å². The number of hydrogen-bond acceptors (Lipinski definition) is 6. The molecule has 1 fully saturated rings. The Balaban J connectivity index is 1.35.